The van der Waals surface area contributed by atoms with Crippen LogP contribution in [0, 0.1) is 34.6 Å². The smallest absolute Gasteiger partial charge is 0.0496 e. The van der Waals surface area contributed by atoms with E-state index in [1.54, 1.807) is 4.88 Å². The van der Waals surface area contributed by atoms with E-state index in [2.05, 4.69) is 55.4 Å². The molecule has 4 aromatic rings. The molecule has 25 heavy (non-hydrogen) atoms. The molecule has 0 aromatic carbocycles. The lowest BCUT2D eigenvalue weighted by atomic mass is 9.92. The minimum absolute atomic E-state index is 0.232. The highest BCUT2D eigenvalue weighted by Crippen LogP contribution is 2.52. The van der Waals surface area contributed by atoms with Crippen molar-refractivity contribution in [2.75, 3.05) is 0 Å². The summed E-state index contributed by atoms with van der Waals surface area (Å²) < 4.78 is 6.01. The van der Waals surface area contributed by atoms with Gasteiger partial charge in [0, 0.05) is 38.3 Å². The predicted octanol–water partition coefficient (Wildman–Crippen LogP) is 8.75. The maximum Gasteiger partial charge on any atom is 0.0496 e. The third-order valence-corrected chi connectivity index (χ3v) is 11.5. The molecule has 0 unspecified atom stereocenters. The Morgan fingerprint density at radius 1 is 0.520 bits per heavy atom. The van der Waals surface area contributed by atoms with Gasteiger partial charge in [-0.25, -0.2) is 0 Å². The standard InChI is InChI=1S/C21H24S4/c1-9-13(5)22-15-10(2)16(23-14(9)15)17-11(3)18-19(24-17)12(4)20(25-18)21(6,7)8/h1-8H3. The Hall–Kier alpha value is -0.680. The monoisotopic (exact) mass is 404 g/mol. The van der Waals surface area contributed by atoms with Crippen LogP contribution in [0.5, 0.6) is 0 Å². The van der Waals surface area contributed by atoms with E-state index in [-0.39, 0.29) is 5.41 Å². The zero-order valence-corrected chi connectivity index (χ0v) is 19.4. The maximum absolute atomic E-state index is 2.33. The van der Waals surface area contributed by atoms with Gasteiger partial charge in [0.05, 0.1) is 0 Å². The molecular formula is C21H24S4. The highest BCUT2D eigenvalue weighted by Gasteiger charge is 2.26. The fourth-order valence-electron chi connectivity index (χ4n) is 3.56. The summed E-state index contributed by atoms with van der Waals surface area (Å²) in [6.45, 7) is 18.4. The number of aryl methyl sites for hydroxylation is 5. The van der Waals surface area contributed by atoms with E-state index < -0.39 is 0 Å². The Morgan fingerprint density at radius 2 is 0.960 bits per heavy atom. The van der Waals surface area contributed by atoms with Crippen LogP contribution >= 0.6 is 45.3 Å². The SMILES string of the molecule is Cc1sc2c(C)c(-c3sc4c(C)c(C(C)(C)C)sc4c3C)sc2c1C. The second-order valence-corrected chi connectivity index (χ2v) is 12.3. The molecule has 4 rings (SSSR count). The molecule has 4 aromatic heterocycles. The average Bonchev–Trinajstić information content (AvgIpc) is 3.19. The van der Waals surface area contributed by atoms with Crippen molar-refractivity contribution < 1.29 is 0 Å². The van der Waals surface area contributed by atoms with Gasteiger partial charge in [0.1, 0.15) is 0 Å². The Bertz CT molecular complexity index is 1120. The van der Waals surface area contributed by atoms with Crippen LogP contribution in [-0.4, -0.2) is 0 Å². The first-order valence-corrected chi connectivity index (χ1v) is 11.9. The van der Waals surface area contributed by atoms with Gasteiger partial charge in [-0.2, -0.15) is 0 Å². The lowest BCUT2D eigenvalue weighted by Crippen LogP contribution is -2.09. The topological polar surface area (TPSA) is 0 Å². The molecule has 0 aliphatic carbocycles. The first-order chi connectivity index (χ1) is 11.6. The lowest BCUT2D eigenvalue weighted by molar-refractivity contribution is 0.601. The summed E-state index contributed by atoms with van der Waals surface area (Å²) in [5.74, 6) is 0. The van der Waals surface area contributed by atoms with E-state index in [4.69, 9.17) is 0 Å². The fourth-order valence-corrected chi connectivity index (χ4v) is 9.36. The van der Waals surface area contributed by atoms with E-state index in [0.717, 1.165) is 0 Å². The summed E-state index contributed by atoms with van der Waals surface area (Å²) in [6.07, 6.45) is 0. The fraction of sp³-hybridized carbons (Fsp3) is 0.429. The highest BCUT2D eigenvalue weighted by atomic mass is 32.1. The zero-order valence-electron chi connectivity index (χ0n) is 16.1. The van der Waals surface area contributed by atoms with Gasteiger partial charge in [-0.15, -0.1) is 45.3 Å². The largest absolute Gasteiger partial charge is 0.139 e. The van der Waals surface area contributed by atoms with Gasteiger partial charge in [0.2, 0.25) is 0 Å². The van der Waals surface area contributed by atoms with Crippen molar-refractivity contribution in [2.45, 2.75) is 60.8 Å². The van der Waals surface area contributed by atoms with Gasteiger partial charge in [0.15, 0.2) is 0 Å². The van der Waals surface area contributed by atoms with Crippen LogP contribution in [-0.2, 0) is 5.41 Å². The van der Waals surface area contributed by atoms with Crippen LogP contribution in [0.15, 0.2) is 0 Å². The molecule has 0 spiro atoms. The summed E-state index contributed by atoms with van der Waals surface area (Å²) in [7, 11) is 0. The van der Waals surface area contributed by atoms with Crippen LogP contribution in [0.2, 0.25) is 0 Å². The molecule has 0 atom stereocenters. The van der Waals surface area contributed by atoms with Gasteiger partial charge in [-0.05, 0) is 62.3 Å². The quantitative estimate of drug-likeness (QED) is 0.297. The highest BCUT2D eigenvalue weighted by molar-refractivity contribution is 7.34. The van der Waals surface area contributed by atoms with Gasteiger partial charge in [-0.1, -0.05) is 20.8 Å². The van der Waals surface area contributed by atoms with Crippen LogP contribution in [0.1, 0.15) is 52.8 Å². The van der Waals surface area contributed by atoms with E-state index in [0.29, 0.717) is 0 Å². The molecule has 4 heteroatoms. The van der Waals surface area contributed by atoms with Gasteiger partial charge in [0.25, 0.3) is 0 Å². The molecule has 0 N–H and O–H groups in total. The van der Waals surface area contributed by atoms with Crippen LogP contribution < -0.4 is 0 Å². The van der Waals surface area contributed by atoms with Crippen LogP contribution in [0.3, 0.4) is 0 Å². The third-order valence-electron chi connectivity index (χ3n) is 5.08. The van der Waals surface area contributed by atoms with E-state index in [1.165, 1.54) is 55.7 Å². The van der Waals surface area contributed by atoms with Crippen LogP contribution in [0.4, 0.5) is 0 Å². The van der Waals surface area contributed by atoms with Crippen molar-refractivity contribution in [3.8, 4) is 9.75 Å². The molecule has 0 aliphatic heterocycles. The van der Waals surface area contributed by atoms with Gasteiger partial charge in [-0.3, -0.25) is 0 Å². The average molecular weight is 405 g/mol. The molecular weight excluding hydrogens is 380 g/mol. The molecule has 0 radical (unpaired) electrons. The Labute approximate surface area is 166 Å². The zero-order chi connectivity index (χ0) is 18.3. The summed E-state index contributed by atoms with van der Waals surface area (Å²) in [5.41, 5.74) is 6.16. The first-order valence-electron chi connectivity index (χ1n) is 8.63. The van der Waals surface area contributed by atoms with Crippen molar-refractivity contribution >= 4 is 64.1 Å². The van der Waals surface area contributed by atoms with E-state index in [1.807, 2.05) is 45.3 Å². The second-order valence-electron chi connectivity index (χ2n) is 8.02. The van der Waals surface area contributed by atoms with Crippen molar-refractivity contribution in [1.82, 2.24) is 0 Å². The number of hydrogen-bond donors (Lipinski definition) is 0. The molecule has 0 bridgehead atoms. The number of hydrogen-bond acceptors (Lipinski definition) is 4. The maximum atomic E-state index is 2.33. The molecule has 0 nitrogen and oxygen atoms in total. The van der Waals surface area contributed by atoms with E-state index in [9.17, 15) is 0 Å². The molecule has 4 heterocycles. The van der Waals surface area contributed by atoms with Crippen molar-refractivity contribution in [3.05, 3.63) is 32.0 Å². The van der Waals surface area contributed by atoms with Crippen molar-refractivity contribution in [1.29, 1.82) is 0 Å². The molecule has 132 valence electrons. The second kappa shape index (κ2) is 5.66. The first kappa shape index (κ1) is 17.7. The number of thiophene rings is 4. The normalized spacial score (nSPS) is 12.8. The minimum atomic E-state index is 0.232. The third kappa shape index (κ3) is 2.48. The van der Waals surface area contributed by atoms with Crippen LogP contribution in [0.25, 0.3) is 28.6 Å². The Kier molecular flexibility index (Phi) is 4.01. The molecule has 0 fully saturated rings. The summed E-state index contributed by atoms with van der Waals surface area (Å²) in [4.78, 5) is 5.99. The van der Waals surface area contributed by atoms with E-state index >= 15 is 0 Å². The summed E-state index contributed by atoms with van der Waals surface area (Å²) in [6, 6.07) is 0. The molecule has 0 saturated carbocycles. The summed E-state index contributed by atoms with van der Waals surface area (Å²) >= 11 is 7.98. The number of rotatable bonds is 1. The predicted molar refractivity (Wildman–Crippen MR) is 121 cm³/mol. The molecule has 0 amide bonds. The lowest BCUT2D eigenvalue weighted by Gasteiger charge is -2.17. The minimum Gasteiger partial charge on any atom is -0.139 e. The van der Waals surface area contributed by atoms with Gasteiger partial charge >= 0.3 is 0 Å². The Morgan fingerprint density at radius 3 is 1.40 bits per heavy atom. The Balaban J connectivity index is 1.96. The van der Waals surface area contributed by atoms with Crippen molar-refractivity contribution in [3.63, 3.8) is 0 Å². The van der Waals surface area contributed by atoms with Gasteiger partial charge < -0.3 is 0 Å². The van der Waals surface area contributed by atoms with Crippen molar-refractivity contribution in [2.24, 2.45) is 0 Å². The number of fused-ring (bicyclic) bond motifs is 2. The summed E-state index contributed by atoms with van der Waals surface area (Å²) in [5, 5.41) is 0. The molecule has 0 saturated heterocycles. The molecule has 0 aliphatic rings.